The van der Waals surface area contributed by atoms with E-state index in [-0.39, 0.29) is 16.5 Å². The fraction of sp³-hybridized carbons (Fsp3) is 0.375. The first-order valence-electron chi connectivity index (χ1n) is 6.84. The summed E-state index contributed by atoms with van der Waals surface area (Å²) in [5.74, 6) is -1.03. The van der Waals surface area contributed by atoms with Crippen LogP contribution < -0.4 is 11.0 Å². The molecule has 2 aromatic rings. The molecule has 0 saturated heterocycles. The molecule has 0 radical (unpaired) electrons. The van der Waals surface area contributed by atoms with Gasteiger partial charge in [-0.1, -0.05) is 39.0 Å². The second-order valence-electron chi connectivity index (χ2n) is 6.35. The van der Waals surface area contributed by atoms with Crippen molar-refractivity contribution in [2.45, 2.75) is 27.7 Å². The molecule has 112 valence electrons. The number of benzene rings is 1. The van der Waals surface area contributed by atoms with E-state index in [9.17, 15) is 14.7 Å². The molecule has 0 aliphatic rings. The normalized spacial score (nSPS) is 11.6. The predicted molar refractivity (Wildman–Crippen MR) is 83.6 cm³/mol. The Morgan fingerprint density at radius 2 is 1.81 bits per heavy atom. The van der Waals surface area contributed by atoms with Crippen LogP contribution in [0, 0.1) is 12.3 Å². The summed E-state index contributed by atoms with van der Waals surface area (Å²) in [5, 5.41) is 10.3. The lowest BCUT2D eigenvalue weighted by Gasteiger charge is -2.23. The third-order valence-electron chi connectivity index (χ3n) is 3.31. The molecule has 1 aromatic carbocycles. The summed E-state index contributed by atoms with van der Waals surface area (Å²) in [4.78, 5) is 24.1. The molecule has 0 unspecified atom stereocenters. The minimum absolute atomic E-state index is 0.0269. The Labute approximate surface area is 123 Å². The molecule has 0 aliphatic heterocycles. The van der Waals surface area contributed by atoms with Crippen LogP contribution >= 0.6 is 0 Å². The molecule has 1 aromatic heterocycles. The highest BCUT2D eigenvalue weighted by molar-refractivity contribution is 6.04. The molecule has 2 N–H and O–H groups in total. The van der Waals surface area contributed by atoms with Gasteiger partial charge in [-0.25, -0.2) is 9.47 Å². The van der Waals surface area contributed by atoms with Crippen molar-refractivity contribution < 1.29 is 9.90 Å². The highest BCUT2D eigenvalue weighted by Gasteiger charge is 2.19. The van der Waals surface area contributed by atoms with Gasteiger partial charge in [-0.2, -0.15) is 0 Å². The number of carboxylic acid groups (broad SMARTS) is 1. The zero-order valence-electron chi connectivity index (χ0n) is 12.7. The van der Waals surface area contributed by atoms with Gasteiger partial charge in [-0.3, -0.25) is 4.79 Å². The average Bonchev–Trinajstić information content (AvgIpc) is 2.37. The lowest BCUT2D eigenvalue weighted by molar-refractivity contribution is 0.0697. The van der Waals surface area contributed by atoms with Crippen LogP contribution in [-0.2, 0) is 0 Å². The highest BCUT2D eigenvalue weighted by Crippen LogP contribution is 2.19. The van der Waals surface area contributed by atoms with E-state index in [1.807, 2.05) is 20.8 Å². The minimum Gasteiger partial charge on any atom is -0.478 e. The topological polar surface area (TPSA) is 71.3 Å². The Hall–Kier alpha value is -2.30. The number of carboxylic acids is 1. The monoisotopic (exact) mass is 288 g/mol. The number of hydrogen-bond donors (Lipinski definition) is 2. The number of rotatable bonds is 3. The van der Waals surface area contributed by atoms with Gasteiger partial charge in [0.2, 0.25) is 0 Å². The van der Waals surface area contributed by atoms with E-state index in [0.29, 0.717) is 23.0 Å². The predicted octanol–water partition coefficient (Wildman–Crippen LogP) is 2.60. The summed E-state index contributed by atoms with van der Waals surface area (Å²) in [6, 6.07) is 6.79. The van der Waals surface area contributed by atoms with Gasteiger partial charge in [0.05, 0.1) is 11.3 Å². The van der Waals surface area contributed by atoms with Gasteiger partial charge >= 0.3 is 5.97 Å². The van der Waals surface area contributed by atoms with E-state index in [1.54, 1.807) is 31.2 Å². The molecule has 5 heteroatoms. The summed E-state index contributed by atoms with van der Waals surface area (Å²) >= 11 is 0. The van der Waals surface area contributed by atoms with Crippen molar-refractivity contribution in [3.63, 3.8) is 0 Å². The molecular formula is C16H20N2O3. The number of hydrogen-bond acceptors (Lipinski definition) is 3. The zero-order chi connectivity index (χ0) is 15.8. The molecule has 0 amide bonds. The van der Waals surface area contributed by atoms with Crippen molar-refractivity contribution in [3.8, 4) is 0 Å². The van der Waals surface area contributed by atoms with Gasteiger partial charge in [-0.15, -0.1) is 0 Å². The average molecular weight is 288 g/mol. The molecule has 0 aliphatic carbocycles. The maximum atomic E-state index is 12.5. The Kier molecular flexibility index (Phi) is 3.77. The van der Waals surface area contributed by atoms with Crippen LogP contribution in [0.25, 0.3) is 10.8 Å². The Morgan fingerprint density at radius 3 is 2.33 bits per heavy atom. The lowest BCUT2D eigenvalue weighted by Crippen LogP contribution is -2.36. The number of nitrogens with one attached hydrogen (secondary N) is 1. The first-order chi connectivity index (χ1) is 9.72. The number of aromatic carboxylic acids is 1. The quantitative estimate of drug-likeness (QED) is 0.910. The SMILES string of the molecule is Cc1c(C(=O)O)c2ccccc2c(=O)n1NCC(C)(C)C. The third kappa shape index (κ3) is 2.91. The molecule has 21 heavy (non-hydrogen) atoms. The van der Waals surface area contributed by atoms with Gasteiger partial charge in [0.25, 0.3) is 5.56 Å². The van der Waals surface area contributed by atoms with Crippen LogP contribution in [0.1, 0.15) is 36.8 Å². The van der Waals surface area contributed by atoms with Crippen molar-refractivity contribution in [1.82, 2.24) is 4.68 Å². The number of pyridine rings is 1. The smallest absolute Gasteiger partial charge is 0.338 e. The van der Waals surface area contributed by atoms with Gasteiger partial charge in [-0.05, 0) is 18.4 Å². The summed E-state index contributed by atoms with van der Waals surface area (Å²) in [6.07, 6.45) is 0. The van der Waals surface area contributed by atoms with Crippen LogP contribution in [-0.4, -0.2) is 22.3 Å². The minimum atomic E-state index is -1.03. The van der Waals surface area contributed by atoms with Gasteiger partial charge < -0.3 is 10.5 Å². The van der Waals surface area contributed by atoms with E-state index in [0.717, 1.165) is 0 Å². The van der Waals surface area contributed by atoms with E-state index in [1.165, 1.54) is 4.68 Å². The molecule has 0 bridgehead atoms. The molecular weight excluding hydrogens is 268 g/mol. The molecule has 0 atom stereocenters. The van der Waals surface area contributed by atoms with E-state index in [4.69, 9.17) is 0 Å². The molecule has 5 nitrogen and oxygen atoms in total. The van der Waals surface area contributed by atoms with Crippen LogP contribution in [0.2, 0.25) is 0 Å². The van der Waals surface area contributed by atoms with Gasteiger partial charge in [0, 0.05) is 17.3 Å². The van der Waals surface area contributed by atoms with Crippen LogP contribution in [0.5, 0.6) is 0 Å². The third-order valence-corrected chi connectivity index (χ3v) is 3.31. The largest absolute Gasteiger partial charge is 0.478 e. The Bertz CT molecular complexity index is 754. The van der Waals surface area contributed by atoms with Crippen LogP contribution in [0.15, 0.2) is 29.1 Å². The molecule has 0 spiro atoms. The van der Waals surface area contributed by atoms with Gasteiger partial charge in [0.15, 0.2) is 0 Å². The number of nitrogens with zero attached hydrogens (tertiary/aromatic N) is 1. The summed E-state index contributed by atoms with van der Waals surface area (Å²) < 4.78 is 1.34. The van der Waals surface area contributed by atoms with Crippen molar-refractivity contribution in [2.24, 2.45) is 5.41 Å². The van der Waals surface area contributed by atoms with Crippen molar-refractivity contribution in [3.05, 3.63) is 45.9 Å². The van der Waals surface area contributed by atoms with E-state index >= 15 is 0 Å². The van der Waals surface area contributed by atoms with Crippen molar-refractivity contribution in [2.75, 3.05) is 12.0 Å². The zero-order valence-corrected chi connectivity index (χ0v) is 12.7. The van der Waals surface area contributed by atoms with E-state index < -0.39 is 5.97 Å². The van der Waals surface area contributed by atoms with Crippen molar-refractivity contribution in [1.29, 1.82) is 0 Å². The lowest BCUT2D eigenvalue weighted by atomic mass is 9.97. The first kappa shape index (κ1) is 15.1. The van der Waals surface area contributed by atoms with E-state index in [2.05, 4.69) is 5.43 Å². The second-order valence-corrected chi connectivity index (χ2v) is 6.35. The maximum Gasteiger partial charge on any atom is 0.338 e. The number of aromatic nitrogens is 1. The van der Waals surface area contributed by atoms with Crippen LogP contribution in [0.3, 0.4) is 0 Å². The Balaban J connectivity index is 2.71. The standard InChI is InChI=1S/C16H20N2O3/c1-10-13(15(20)21)11-7-5-6-8-12(11)14(19)18(10)17-9-16(2,3)4/h5-8,17H,9H2,1-4H3,(H,20,21). The number of fused-ring (bicyclic) bond motifs is 1. The highest BCUT2D eigenvalue weighted by atomic mass is 16.4. The summed E-state index contributed by atoms with van der Waals surface area (Å²) in [6.45, 7) is 8.33. The summed E-state index contributed by atoms with van der Waals surface area (Å²) in [7, 11) is 0. The number of carbonyl (C=O) groups is 1. The molecule has 1 heterocycles. The van der Waals surface area contributed by atoms with Gasteiger partial charge in [0.1, 0.15) is 0 Å². The van der Waals surface area contributed by atoms with Crippen molar-refractivity contribution >= 4 is 16.7 Å². The first-order valence-corrected chi connectivity index (χ1v) is 6.84. The van der Waals surface area contributed by atoms with Crippen LogP contribution in [0.4, 0.5) is 0 Å². The molecule has 2 rings (SSSR count). The fourth-order valence-electron chi connectivity index (χ4n) is 2.24. The Morgan fingerprint density at radius 1 is 1.24 bits per heavy atom. The fourth-order valence-corrected chi connectivity index (χ4v) is 2.24. The molecule has 0 saturated carbocycles. The maximum absolute atomic E-state index is 12.5. The molecule has 0 fully saturated rings. The summed E-state index contributed by atoms with van der Waals surface area (Å²) in [5.41, 5.74) is 3.37. The second kappa shape index (κ2) is 5.24.